The van der Waals surface area contributed by atoms with E-state index in [9.17, 15) is 18.0 Å². The summed E-state index contributed by atoms with van der Waals surface area (Å²) in [4.78, 5) is 32.1. The fraction of sp³-hybridized carbons (Fsp3) is 0.250. The molecule has 8 nitrogen and oxygen atoms in total. The maximum Gasteiger partial charge on any atom is 0.238 e. The van der Waals surface area contributed by atoms with E-state index in [1.165, 1.54) is 18.2 Å². The minimum atomic E-state index is -4.12. The van der Waals surface area contributed by atoms with Crippen LogP contribution in [-0.2, 0) is 10.0 Å². The third-order valence-electron chi connectivity index (χ3n) is 5.04. The molecular formula is C20H20N4O4S. The van der Waals surface area contributed by atoms with Gasteiger partial charge in [0, 0.05) is 37.3 Å². The average Bonchev–Trinajstić information content (AvgIpc) is 2.72. The van der Waals surface area contributed by atoms with Gasteiger partial charge in [-0.3, -0.25) is 9.59 Å². The summed E-state index contributed by atoms with van der Waals surface area (Å²) in [5.74, 6) is -0.942. The number of anilines is 1. The van der Waals surface area contributed by atoms with Gasteiger partial charge in [-0.2, -0.15) is 0 Å². The molecule has 4 rings (SSSR count). The number of aliphatic imine (C=N–C) groups is 1. The third-order valence-corrected chi connectivity index (χ3v) is 5.99. The fourth-order valence-electron chi connectivity index (χ4n) is 3.69. The monoisotopic (exact) mass is 412 g/mol. The maximum atomic E-state index is 13.0. The summed E-state index contributed by atoms with van der Waals surface area (Å²) >= 11 is 0. The van der Waals surface area contributed by atoms with E-state index < -0.39 is 21.6 Å². The first-order valence-electron chi connectivity index (χ1n) is 9.22. The molecule has 0 atom stereocenters. The topological polar surface area (TPSA) is 122 Å². The highest BCUT2D eigenvalue weighted by Crippen LogP contribution is 2.32. The Morgan fingerprint density at radius 3 is 2.45 bits per heavy atom. The quantitative estimate of drug-likeness (QED) is 0.783. The standard InChI is InChI=1S/C20H20N4O4S/c21-29(27,28)18-7-3-4-13-19(18)17(25)12-15(20(13)26)23-14-5-1-2-6-16(14)24-10-8-22-9-11-24/h1-7,22H,8-12H2,(H2,21,27,28). The summed E-state index contributed by atoms with van der Waals surface area (Å²) in [6, 6.07) is 11.5. The Balaban J connectivity index is 1.77. The highest BCUT2D eigenvalue weighted by Gasteiger charge is 2.34. The van der Waals surface area contributed by atoms with Crippen LogP contribution in [-0.4, -0.2) is 51.9 Å². The summed E-state index contributed by atoms with van der Waals surface area (Å²) in [5.41, 5.74) is 1.47. The van der Waals surface area contributed by atoms with Gasteiger partial charge in [-0.05, 0) is 18.2 Å². The Morgan fingerprint density at radius 2 is 1.72 bits per heavy atom. The molecule has 1 heterocycles. The molecule has 0 amide bonds. The first-order valence-corrected chi connectivity index (χ1v) is 10.8. The Hall–Kier alpha value is -2.88. The number of para-hydroxylation sites is 2. The summed E-state index contributed by atoms with van der Waals surface area (Å²) < 4.78 is 23.6. The van der Waals surface area contributed by atoms with Crippen molar-refractivity contribution in [2.75, 3.05) is 31.1 Å². The molecule has 0 aromatic heterocycles. The number of nitrogens with zero attached hydrogens (tertiary/aromatic N) is 2. The number of primary sulfonamides is 1. The summed E-state index contributed by atoms with van der Waals surface area (Å²) in [6.45, 7) is 3.34. The SMILES string of the molecule is NS(=O)(=O)c1cccc2c1C(=O)CC(=Nc1ccccc1N1CCNCC1)C2=O. The molecule has 1 fully saturated rings. The second-order valence-corrected chi connectivity index (χ2v) is 8.47. The van der Waals surface area contributed by atoms with Crippen LogP contribution in [0.3, 0.4) is 0 Å². The van der Waals surface area contributed by atoms with E-state index in [2.05, 4.69) is 15.2 Å². The molecule has 29 heavy (non-hydrogen) atoms. The number of nitrogens with one attached hydrogen (secondary N) is 1. The van der Waals surface area contributed by atoms with Crippen molar-refractivity contribution in [2.24, 2.45) is 10.1 Å². The lowest BCUT2D eigenvalue weighted by molar-refractivity contribution is 0.0962. The molecule has 2 aromatic rings. The molecule has 0 unspecified atom stereocenters. The number of sulfonamides is 1. The first-order chi connectivity index (χ1) is 13.9. The van der Waals surface area contributed by atoms with Crippen LogP contribution in [0.2, 0.25) is 0 Å². The van der Waals surface area contributed by atoms with Crippen LogP contribution in [0.4, 0.5) is 11.4 Å². The van der Waals surface area contributed by atoms with E-state index in [4.69, 9.17) is 5.14 Å². The van der Waals surface area contributed by atoms with Crippen molar-refractivity contribution >= 4 is 38.7 Å². The number of carbonyl (C=O) groups is 2. The minimum absolute atomic E-state index is 0.0196. The number of carbonyl (C=O) groups excluding carboxylic acids is 2. The molecule has 1 aliphatic carbocycles. The van der Waals surface area contributed by atoms with Gasteiger partial charge in [-0.1, -0.05) is 24.3 Å². The van der Waals surface area contributed by atoms with Crippen molar-refractivity contribution in [3.05, 3.63) is 53.6 Å². The molecular weight excluding hydrogens is 392 g/mol. The number of hydrogen-bond acceptors (Lipinski definition) is 7. The lowest BCUT2D eigenvalue weighted by Crippen LogP contribution is -2.43. The molecule has 0 radical (unpaired) electrons. The molecule has 2 aromatic carbocycles. The molecule has 1 saturated heterocycles. The number of hydrogen-bond donors (Lipinski definition) is 2. The zero-order valence-electron chi connectivity index (χ0n) is 15.6. The van der Waals surface area contributed by atoms with Gasteiger partial charge in [-0.15, -0.1) is 0 Å². The normalized spacial score (nSPS) is 18.8. The molecule has 150 valence electrons. The summed E-state index contributed by atoms with van der Waals surface area (Å²) in [6.07, 6.45) is -0.270. The second kappa shape index (κ2) is 7.51. The van der Waals surface area contributed by atoms with Crippen LogP contribution < -0.4 is 15.4 Å². The van der Waals surface area contributed by atoms with E-state index >= 15 is 0 Å². The van der Waals surface area contributed by atoms with Crippen LogP contribution in [0.15, 0.2) is 52.4 Å². The van der Waals surface area contributed by atoms with Crippen molar-refractivity contribution in [3.63, 3.8) is 0 Å². The number of fused-ring (bicyclic) bond motifs is 1. The highest BCUT2D eigenvalue weighted by molar-refractivity contribution is 7.89. The van der Waals surface area contributed by atoms with Crippen molar-refractivity contribution in [1.29, 1.82) is 0 Å². The van der Waals surface area contributed by atoms with Gasteiger partial charge in [0.05, 0.1) is 28.4 Å². The van der Waals surface area contributed by atoms with E-state index in [0.29, 0.717) is 5.69 Å². The summed E-state index contributed by atoms with van der Waals surface area (Å²) in [5, 5.41) is 8.51. The van der Waals surface area contributed by atoms with Crippen LogP contribution in [0.5, 0.6) is 0 Å². The lowest BCUT2D eigenvalue weighted by Gasteiger charge is -2.30. The van der Waals surface area contributed by atoms with Gasteiger partial charge in [-0.25, -0.2) is 18.5 Å². The Labute approximate surface area is 168 Å². The average molecular weight is 412 g/mol. The number of ketones is 2. The van der Waals surface area contributed by atoms with Crippen LogP contribution in [0.25, 0.3) is 0 Å². The van der Waals surface area contributed by atoms with Crippen molar-refractivity contribution in [1.82, 2.24) is 5.32 Å². The zero-order valence-corrected chi connectivity index (χ0v) is 16.4. The maximum absolute atomic E-state index is 13.0. The number of nitrogens with two attached hydrogens (primary N) is 1. The number of piperazine rings is 1. The number of benzene rings is 2. The minimum Gasteiger partial charge on any atom is -0.367 e. The second-order valence-electron chi connectivity index (χ2n) is 6.94. The fourth-order valence-corrected chi connectivity index (χ4v) is 4.47. The van der Waals surface area contributed by atoms with E-state index in [0.717, 1.165) is 31.9 Å². The molecule has 0 saturated carbocycles. The molecule has 0 bridgehead atoms. The molecule has 9 heteroatoms. The Bertz CT molecular complexity index is 1130. The van der Waals surface area contributed by atoms with Gasteiger partial charge in [0.25, 0.3) is 0 Å². The van der Waals surface area contributed by atoms with Crippen molar-refractivity contribution in [3.8, 4) is 0 Å². The smallest absolute Gasteiger partial charge is 0.238 e. The molecule has 0 spiro atoms. The Morgan fingerprint density at radius 1 is 1.00 bits per heavy atom. The van der Waals surface area contributed by atoms with Crippen LogP contribution in [0, 0.1) is 0 Å². The molecule has 2 aliphatic rings. The predicted octanol–water partition coefficient (Wildman–Crippen LogP) is 1.29. The van der Waals surface area contributed by atoms with Gasteiger partial charge >= 0.3 is 0 Å². The summed E-state index contributed by atoms with van der Waals surface area (Å²) in [7, 11) is -4.12. The van der Waals surface area contributed by atoms with Gasteiger partial charge in [0.1, 0.15) is 0 Å². The van der Waals surface area contributed by atoms with E-state index in [1.807, 2.05) is 18.2 Å². The van der Waals surface area contributed by atoms with E-state index in [-0.39, 0.29) is 28.2 Å². The van der Waals surface area contributed by atoms with Crippen LogP contribution in [0.1, 0.15) is 27.1 Å². The first kappa shape index (κ1) is 19.4. The molecule has 1 aliphatic heterocycles. The largest absolute Gasteiger partial charge is 0.367 e. The zero-order chi connectivity index (χ0) is 20.6. The number of Topliss-reactive ketones (excluding diaryl/α,β-unsaturated/α-hetero) is 2. The van der Waals surface area contributed by atoms with Crippen molar-refractivity contribution in [2.45, 2.75) is 11.3 Å². The van der Waals surface area contributed by atoms with Gasteiger partial charge in [0.15, 0.2) is 5.78 Å². The third kappa shape index (κ3) is 3.71. The van der Waals surface area contributed by atoms with Crippen LogP contribution >= 0.6 is 0 Å². The molecule has 3 N–H and O–H groups in total. The highest BCUT2D eigenvalue weighted by atomic mass is 32.2. The predicted molar refractivity (Wildman–Crippen MR) is 110 cm³/mol. The van der Waals surface area contributed by atoms with Gasteiger partial charge < -0.3 is 10.2 Å². The lowest BCUT2D eigenvalue weighted by atomic mass is 9.88. The van der Waals surface area contributed by atoms with E-state index in [1.54, 1.807) is 6.07 Å². The van der Waals surface area contributed by atoms with Crippen molar-refractivity contribution < 1.29 is 18.0 Å². The van der Waals surface area contributed by atoms with Gasteiger partial charge in [0.2, 0.25) is 15.8 Å². The Kier molecular flexibility index (Phi) is 5.03. The number of rotatable bonds is 3.